The van der Waals surface area contributed by atoms with Crippen LogP contribution in [-0.2, 0) is 14.3 Å². The van der Waals surface area contributed by atoms with Crippen molar-refractivity contribution in [1.82, 2.24) is 5.32 Å². The fraction of sp³-hybridized carbons (Fsp3) is 0.915. The summed E-state index contributed by atoms with van der Waals surface area (Å²) < 4.78 is 5.50. The van der Waals surface area contributed by atoms with Gasteiger partial charge < -0.3 is 20.3 Å². The molecule has 0 heterocycles. The molecule has 0 spiro atoms. The van der Waals surface area contributed by atoms with Gasteiger partial charge in [-0.25, -0.2) is 0 Å². The molecule has 2 unspecified atom stereocenters. The summed E-state index contributed by atoms with van der Waals surface area (Å²) in [6.07, 6.45) is 83.9. The lowest BCUT2D eigenvalue weighted by molar-refractivity contribution is -0.143. The Bertz CT molecular complexity index is 1200. The van der Waals surface area contributed by atoms with Gasteiger partial charge in [-0.1, -0.05) is 346 Å². The van der Waals surface area contributed by atoms with E-state index in [1.807, 2.05) is 6.08 Å². The van der Waals surface area contributed by atoms with E-state index in [1.165, 1.54) is 321 Å². The van der Waals surface area contributed by atoms with E-state index in [0.29, 0.717) is 19.4 Å². The van der Waals surface area contributed by atoms with Gasteiger partial charge >= 0.3 is 5.97 Å². The summed E-state index contributed by atoms with van der Waals surface area (Å²) in [6.45, 7) is 4.93. The standard InChI is InChI=1S/C71H137NO5/c1-3-5-7-9-11-13-15-17-19-21-22-23-24-25-26-27-28-32-35-39-43-47-51-55-59-63-69(74)68(67-73)72-70(75)64-60-56-52-48-44-40-36-33-29-30-34-38-42-46-50-54-58-62-66-77-71(76)65-61-57-53-49-45-41-37-31-20-18-16-14-12-10-8-6-4-2/h18,20,59,63,68-69,73-74H,3-17,19,21-58,60-62,64-67H2,1-2H3,(H,72,75)/b20-18-,63-59+. The van der Waals surface area contributed by atoms with Crippen LogP contribution in [0.2, 0.25) is 0 Å². The number of hydrogen-bond donors (Lipinski definition) is 3. The zero-order valence-corrected chi connectivity index (χ0v) is 52.2. The van der Waals surface area contributed by atoms with Gasteiger partial charge in [-0.15, -0.1) is 0 Å². The van der Waals surface area contributed by atoms with Crippen LogP contribution in [0.5, 0.6) is 0 Å². The van der Waals surface area contributed by atoms with E-state index in [4.69, 9.17) is 4.74 Å². The fourth-order valence-electron chi connectivity index (χ4n) is 11.1. The van der Waals surface area contributed by atoms with Crippen molar-refractivity contribution in [3.8, 4) is 0 Å². The fourth-order valence-corrected chi connectivity index (χ4v) is 11.1. The summed E-state index contributed by atoms with van der Waals surface area (Å²) in [5.41, 5.74) is 0. The smallest absolute Gasteiger partial charge is 0.305 e. The van der Waals surface area contributed by atoms with Crippen molar-refractivity contribution >= 4 is 11.9 Å². The maximum atomic E-state index is 12.5. The van der Waals surface area contributed by atoms with Gasteiger partial charge in [-0.05, 0) is 57.8 Å². The molecule has 0 saturated carbocycles. The van der Waals surface area contributed by atoms with E-state index < -0.39 is 12.1 Å². The first-order valence-electron chi connectivity index (χ1n) is 35.1. The zero-order valence-electron chi connectivity index (χ0n) is 52.2. The van der Waals surface area contributed by atoms with Gasteiger partial charge in [0.25, 0.3) is 0 Å². The number of aliphatic hydroxyl groups excluding tert-OH is 2. The van der Waals surface area contributed by atoms with Crippen LogP contribution in [0.25, 0.3) is 0 Å². The number of aliphatic hydroxyl groups is 2. The summed E-state index contributed by atoms with van der Waals surface area (Å²) in [7, 11) is 0. The average molecular weight is 1080 g/mol. The van der Waals surface area contributed by atoms with E-state index >= 15 is 0 Å². The second-order valence-electron chi connectivity index (χ2n) is 24.2. The maximum absolute atomic E-state index is 12.5. The Morgan fingerprint density at radius 2 is 0.610 bits per heavy atom. The first-order valence-corrected chi connectivity index (χ1v) is 35.1. The Kier molecular flexibility index (Phi) is 65.4. The third-order valence-corrected chi connectivity index (χ3v) is 16.5. The molecule has 1 amide bonds. The Morgan fingerprint density at radius 3 is 0.922 bits per heavy atom. The van der Waals surface area contributed by atoms with Crippen molar-refractivity contribution < 1.29 is 24.5 Å². The van der Waals surface area contributed by atoms with Crippen molar-refractivity contribution in [1.29, 1.82) is 0 Å². The van der Waals surface area contributed by atoms with Crippen molar-refractivity contribution in [3.05, 3.63) is 24.3 Å². The van der Waals surface area contributed by atoms with E-state index in [2.05, 4.69) is 31.3 Å². The molecule has 0 aliphatic carbocycles. The lowest BCUT2D eigenvalue weighted by Crippen LogP contribution is -2.45. The summed E-state index contributed by atoms with van der Waals surface area (Å²) >= 11 is 0. The van der Waals surface area contributed by atoms with Crippen LogP contribution in [0.3, 0.4) is 0 Å². The highest BCUT2D eigenvalue weighted by Gasteiger charge is 2.18. The molecule has 77 heavy (non-hydrogen) atoms. The van der Waals surface area contributed by atoms with Crippen LogP contribution < -0.4 is 5.32 Å². The number of amides is 1. The van der Waals surface area contributed by atoms with Crippen LogP contribution in [0.1, 0.15) is 393 Å². The van der Waals surface area contributed by atoms with Crippen LogP contribution in [0, 0.1) is 0 Å². The highest BCUT2D eigenvalue weighted by atomic mass is 16.5. The molecular formula is C71H137NO5. The van der Waals surface area contributed by atoms with Gasteiger partial charge in [-0.3, -0.25) is 9.59 Å². The van der Waals surface area contributed by atoms with Gasteiger partial charge in [0, 0.05) is 12.8 Å². The predicted octanol–water partition coefficient (Wildman–Crippen LogP) is 22.5. The van der Waals surface area contributed by atoms with E-state index in [-0.39, 0.29) is 18.5 Å². The minimum Gasteiger partial charge on any atom is -0.466 e. The number of allylic oxidation sites excluding steroid dienone is 3. The highest BCUT2D eigenvalue weighted by molar-refractivity contribution is 5.76. The normalized spacial score (nSPS) is 12.6. The summed E-state index contributed by atoms with van der Waals surface area (Å²) in [5.74, 6) is -0.0632. The lowest BCUT2D eigenvalue weighted by Gasteiger charge is -2.20. The van der Waals surface area contributed by atoms with Crippen LogP contribution >= 0.6 is 0 Å². The van der Waals surface area contributed by atoms with Gasteiger partial charge in [0.1, 0.15) is 0 Å². The number of esters is 1. The number of rotatable bonds is 66. The third-order valence-electron chi connectivity index (χ3n) is 16.5. The lowest BCUT2D eigenvalue weighted by atomic mass is 10.0. The van der Waals surface area contributed by atoms with E-state index in [9.17, 15) is 19.8 Å². The third kappa shape index (κ3) is 63.4. The number of ether oxygens (including phenoxy) is 1. The number of carbonyl (C=O) groups is 2. The van der Waals surface area contributed by atoms with Gasteiger partial charge in [0.2, 0.25) is 5.91 Å². The Balaban J connectivity index is 3.42. The molecule has 6 heteroatoms. The minimum atomic E-state index is -0.849. The SMILES string of the molecule is CCCCCCCC/C=C\CCCCCCCCCC(=O)OCCCCCCCCCCCCCCCCCCCCC(=O)NC(CO)C(O)/C=C/CCCCCCCCCCCCCCCCCCCCCCCCC. The predicted molar refractivity (Wildman–Crippen MR) is 338 cm³/mol. The molecule has 0 aromatic carbocycles. The molecule has 2 atom stereocenters. The average Bonchev–Trinajstić information content (AvgIpc) is 3.43. The van der Waals surface area contributed by atoms with Crippen molar-refractivity contribution in [3.63, 3.8) is 0 Å². The first-order chi connectivity index (χ1) is 38.0. The number of unbranched alkanes of at least 4 members (excludes halogenated alkanes) is 53. The van der Waals surface area contributed by atoms with Gasteiger partial charge in [0.15, 0.2) is 0 Å². The quantitative estimate of drug-likeness (QED) is 0.0320. The number of nitrogens with one attached hydrogen (secondary N) is 1. The highest BCUT2D eigenvalue weighted by Crippen LogP contribution is 2.19. The van der Waals surface area contributed by atoms with Crippen LogP contribution in [0.4, 0.5) is 0 Å². The second kappa shape index (κ2) is 66.8. The summed E-state index contributed by atoms with van der Waals surface area (Å²) in [4.78, 5) is 24.6. The van der Waals surface area contributed by atoms with Gasteiger partial charge in [0.05, 0.1) is 25.4 Å². The largest absolute Gasteiger partial charge is 0.466 e. The molecule has 0 aromatic rings. The Morgan fingerprint density at radius 1 is 0.351 bits per heavy atom. The molecule has 0 bridgehead atoms. The molecule has 0 rings (SSSR count). The number of hydrogen-bond acceptors (Lipinski definition) is 5. The van der Waals surface area contributed by atoms with E-state index in [1.54, 1.807) is 6.08 Å². The van der Waals surface area contributed by atoms with Crippen molar-refractivity contribution in [2.75, 3.05) is 13.2 Å². The molecule has 0 saturated heterocycles. The summed E-state index contributed by atoms with van der Waals surface area (Å²) in [6, 6.07) is -0.633. The molecule has 0 aliphatic rings. The molecule has 0 radical (unpaired) electrons. The molecule has 0 fully saturated rings. The monoisotopic (exact) mass is 1080 g/mol. The first kappa shape index (κ1) is 75.3. The molecule has 0 aromatic heterocycles. The number of carbonyl (C=O) groups excluding carboxylic acids is 2. The topological polar surface area (TPSA) is 95.9 Å². The Hall–Kier alpha value is -1.66. The molecular weight excluding hydrogens is 947 g/mol. The Labute approximate surface area is 481 Å². The van der Waals surface area contributed by atoms with Crippen molar-refractivity contribution in [2.24, 2.45) is 0 Å². The zero-order chi connectivity index (χ0) is 55.7. The minimum absolute atomic E-state index is 0.00427. The molecule has 3 N–H and O–H groups in total. The summed E-state index contributed by atoms with van der Waals surface area (Å²) in [5, 5.41) is 23.3. The van der Waals surface area contributed by atoms with Crippen LogP contribution in [-0.4, -0.2) is 47.4 Å². The second-order valence-corrected chi connectivity index (χ2v) is 24.2. The van der Waals surface area contributed by atoms with Crippen molar-refractivity contribution in [2.45, 2.75) is 405 Å². The van der Waals surface area contributed by atoms with Crippen LogP contribution in [0.15, 0.2) is 24.3 Å². The maximum Gasteiger partial charge on any atom is 0.305 e. The molecule has 456 valence electrons. The molecule has 0 aliphatic heterocycles. The molecule has 6 nitrogen and oxygen atoms in total. The van der Waals surface area contributed by atoms with Gasteiger partial charge in [-0.2, -0.15) is 0 Å². The van der Waals surface area contributed by atoms with E-state index in [0.717, 1.165) is 44.9 Å².